The molecule has 0 aliphatic carbocycles. The molecule has 0 radical (unpaired) electrons. The van der Waals surface area contributed by atoms with Crippen LogP contribution >= 0.6 is 23.4 Å². The first kappa shape index (κ1) is 13.7. The van der Waals surface area contributed by atoms with Gasteiger partial charge in [-0.2, -0.15) is 0 Å². The summed E-state index contributed by atoms with van der Waals surface area (Å²) in [6.07, 6.45) is 0. The molecule has 0 saturated heterocycles. The molecule has 0 unspecified atom stereocenters. The average Bonchev–Trinajstić information content (AvgIpc) is 2.22. The highest BCUT2D eigenvalue weighted by Gasteiger charge is 2.20. The Balaban J connectivity index is 3.08. The summed E-state index contributed by atoms with van der Waals surface area (Å²) in [6, 6.07) is 3.90. The highest BCUT2D eigenvalue weighted by Crippen LogP contribution is 2.40. The van der Waals surface area contributed by atoms with E-state index in [0.29, 0.717) is 6.54 Å². The smallest absolute Gasteiger partial charge is 0.132 e. The van der Waals surface area contributed by atoms with Gasteiger partial charge in [0.1, 0.15) is 5.75 Å². The fraction of sp³-hybridized carbons (Fsp3) is 0.500. The lowest BCUT2D eigenvalue weighted by Crippen LogP contribution is -2.26. The molecule has 0 saturated carbocycles. The highest BCUT2D eigenvalue weighted by atomic mass is 35.5. The van der Waals surface area contributed by atoms with Crippen molar-refractivity contribution in [3.05, 3.63) is 22.7 Å². The van der Waals surface area contributed by atoms with Crippen molar-refractivity contribution in [3.8, 4) is 5.75 Å². The van der Waals surface area contributed by atoms with Gasteiger partial charge in [0.05, 0.1) is 12.0 Å². The van der Waals surface area contributed by atoms with Crippen molar-refractivity contribution in [1.29, 1.82) is 0 Å². The number of hydrogen-bond acceptors (Lipinski definition) is 3. The molecule has 0 atom stereocenters. The standard InChI is InChI=1S/C12H18ClNOS/c1-8-5-10(15-4)11(6-9(8)13)16-12(2,3)7-14/h5-6H,7,14H2,1-4H3. The molecule has 0 aliphatic rings. The maximum absolute atomic E-state index is 6.11. The van der Waals surface area contributed by atoms with E-state index in [1.807, 2.05) is 19.1 Å². The van der Waals surface area contributed by atoms with Crippen molar-refractivity contribution in [2.75, 3.05) is 13.7 Å². The van der Waals surface area contributed by atoms with E-state index in [-0.39, 0.29) is 4.75 Å². The Hall–Kier alpha value is -0.380. The van der Waals surface area contributed by atoms with Gasteiger partial charge in [0.25, 0.3) is 0 Å². The van der Waals surface area contributed by atoms with Gasteiger partial charge in [-0.25, -0.2) is 0 Å². The molecule has 2 N–H and O–H groups in total. The van der Waals surface area contributed by atoms with Gasteiger partial charge in [-0.05, 0) is 38.5 Å². The number of benzene rings is 1. The number of ether oxygens (including phenoxy) is 1. The molecule has 1 aromatic carbocycles. The van der Waals surface area contributed by atoms with Crippen LogP contribution in [0.2, 0.25) is 5.02 Å². The summed E-state index contributed by atoms with van der Waals surface area (Å²) in [6.45, 7) is 6.77. The third-order valence-electron chi connectivity index (χ3n) is 2.32. The third kappa shape index (κ3) is 3.30. The zero-order valence-corrected chi connectivity index (χ0v) is 11.7. The summed E-state index contributed by atoms with van der Waals surface area (Å²) in [5, 5.41) is 0.760. The van der Waals surface area contributed by atoms with Gasteiger partial charge >= 0.3 is 0 Å². The number of methoxy groups -OCH3 is 1. The second-order valence-corrected chi connectivity index (χ2v) is 6.47. The molecule has 1 rings (SSSR count). The molecular formula is C12H18ClNOS. The van der Waals surface area contributed by atoms with Crippen LogP contribution < -0.4 is 10.5 Å². The predicted molar refractivity (Wildman–Crippen MR) is 71.7 cm³/mol. The average molecular weight is 260 g/mol. The van der Waals surface area contributed by atoms with Crippen LogP contribution in [0.15, 0.2) is 17.0 Å². The van der Waals surface area contributed by atoms with E-state index in [1.165, 1.54) is 0 Å². The molecule has 0 amide bonds. The van der Waals surface area contributed by atoms with E-state index in [4.69, 9.17) is 22.1 Å². The minimum atomic E-state index is -0.0220. The van der Waals surface area contributed by atoms with Crippen LogP contribution in [-0.2, 0) is 0 Å². The van der Waals surface area contributed by atoms with Gasteiger partial charge in [-0.15, -0.1) is 11.8 Å². The van der Waals surface area contributed by atoms with Crippen molar-refractivity contribution < 1.29 is 4.74 Å². The fourth-order valence-corrected chi connectivity index (χ4v) is 2.54. The van der Waals surface area contributed by atoms with Crippen LogP contribution in [0, 0.1) is 6.92 Å². The number of thioether (sulfide) groups is 1. The molecule has 16 heavy (non-hydrogen) atoms. The lowest BCUT2D eigenvalue weighted by molar-refractivity contribution is 0.404. The lowest BCUT2D eigenvalue weighted by Gasteiger charge is -2.23. The summed E-state index contributed by atoms with van der Waals surface area (Å²) in [5.41, 5.74) is 6.74. The Labute approximate surface area is 107 Å². The van der Waals surface area contributed by atoms with Crippen molar-refractivity contribution in [1.82, 2.24) is 0 Å². The zero-order chi connectivity index (χ0) is 12.3. The summed E-state index contributed by atoms with van der Waals surface area (Å²) < 4.78 is 5.33. The molecule has 0 bridgehead atoms. The van der Waals surface area contributed by atoms with Crippen molar-refractivity contribution >= 4 is 23.4 Å². The highest BCUT2D eigenvalue weighted by molar-refractivity contribution is 8.00. The summed E-state index contributed by atoms with van der Waals surface area (Å²) in [7, 11) is 1.67. The van der Waals surface area contributed by atoms with Crippen molar-refractivity contribution in [2.24, 2.45) is 5.73 Å². The Morgan fingerprint density at radius 3 is 2.56 bits per heavy atom. The lowest BCUT2D eigenvalue weighted by atomic mass is 10.2. The zero-order valence-electron chi connectivity index (χ0n) is 10.1. The Kier molecular flexibility index (Phi) is 4.53. The van der Waals surface area contributed by atoms with E-state index >= 15 is 0 Å². The van der Waals surface area contributed by atoms with E-state index in [0.717, 1.165) is 21.2 Å². The van der Waals surface area contributed by atoms with Crippen LogP contribution in [0.5, 0.6) is 5.75 Å². The summed E-state index contributed by atoms with van der Waals surface area (Å²) in [4.78, 5) is 1.04. The SMILES string of the molecule is COc1cc(C)c(Cl)cc1SC(C)(C)CN. The fourth-order valence-electron chi connectivity index (χ4n) is 1.22. The normalized spacial score (nSPS) is 11.6. The van der Waals surface area contributed by atoms with Gasteiger partial charge < -0.3 is 10.5 Å². The molecule has 0 spiro atoms. The van der Waals surface area contributed by atoms with Crippen LogP contribution in [0.25, 0.3) is 0 Å². The number of hydrogen-bond donors (Lipinski definition) is 1. The van der Waals surface area contributed by atoms with Crippen LogP contribution in [0.4, 0.5) is 0 Å². The van der Waals surface area contributed by atoms with E-state index in [1.54, 1.807) is 18.9 Å². The summed E-state index contributed by atoms with van der Waals surface area (Å²) >= 11 is 7.80. The Morgan fingerprint density at radius 1 is 1.44 bits per heavy atom. The first-order chi connectivity index (χ1) is 7.39. The Morgan fingerprint density at radius 2 is 2.06 bits per heavy atom. The first-order valence-electron chi connectivity index (χ1n) is 5.13. The topological polar surface area (TPSA) is 35.2 Å². The predicted octanol–water partition coefficient (Wildman–Crippen LogP) is 3.49. The summed E-state index contributed by atoms with van der Waals surface area (Å²) in [5.74, 6) is 0.855. The molecule has 0 aliphatic heterocycles. The molecule has 1 aromatic rings. The van der Waals surface area contributed by atoms with Crippen LogP contribution in [0.1, 0.15) is 19.4 Å². The van der Waals surface area contributed by atoms with Crippen LogP contribution in [0.3, 0.4) is 0 Å². The second-order valence-electron chi connectivity index (χ2n) is 4.32. The molecule has 0 fully saturated rings. The Bertz CT molecular complexity index is 380. The van der Waals surface area contributed by atoms with Crippen LogP contribution in [-0.4, -0.2) is 18.4 Å². The van der Waals surface area contributed by atoms with E-state index in [2.05, 4.69) is 13.8 Å². The molecular weight excluding hydrogens is 242 g/mol. The number of halogens is 1. The second kappa shape index (κ2) is 5.30. The van der Waals surface area contributed by atoms with Gasteiger partial charge in [-0.3, -0.25) is 0 Å². The van der Waals surface area contributed by atoms with Crippen molar-refractivity contribution in [2.45, 2.75) is 30.4 Å². The quantitative estimate of drug-likeness (QED) is 0.841. The number of rotatable bonds is 4. The molecule has 4 heteroatoms. The van der Waals surface area contributed by atoms with Gasteiger partial charge in [-0.1, -0.05) is 11.6 Å². The minimum absolute atomic E-state index is 0.0220. The van der Waals surface area contributed by atoms with E-state index < -0.39 is 0 Å². The first-order valence-corrected chi connectivity index (χ1v) is 6.32. The maximum atomic E-state index is 6.11. The van der Waals surface area contributed by atoms with E-state index in [9.17, 15) is 0 Å². The maximum Gasteiger partial charge on any atom is 0.132 e. The molecule has 90 valence electrons. The largest absolute Gasteiger partial charge is 0.496 e. The van der Waals surface area contributed by atoms with Gasteiger partial charge in [0, 0.05) is 16.3 Å². The van der Waals surface area contributed by atoms with Gasteiger partial charge in [0.2, 0.25) is 0 Å². The molecule has 2 nitrogen and oxygen atoms in total. The third-order valence-corrected chi connectivity index (χ3v) is 3.99. The van der Waals surface area contributed by atoms with Gasteiger partial charge in [0.15, 0.2) is 0 Å². The number of aryl methyl sites for hydroxylation is 1. The van der Waals surface area contributed by atoms with Crippen molar-refractivity contribution in [3.63, 3.8) is 0 Å². The minimum Gasteiger partial charge on any atom is -0.496 e. The molecule has 0 aromatic heterocycles. The number of nitrogens with two attached hydrogens (primary N) is 1. The monoisotopic (exact) mass is 259 g/mol. The molecule has 0 heterocycles.